The lowest BCUT2D eigenvalue weighted by Crippen LogP contribution is -1.96. The van der Waals surface area contributed by atoms with E-state index in [0.29, 0.717) is 6.42 Å². The fourth-order valence-corrected chi connectivity index (χ4v) is 2.64. The first-order valence-electron chi connectivity index (χ1n) is 7.92. The van der Waals surface area contributed by atoms with Crippen LogP contribution in [0.25, 0.3) is 12.2 Å². The number of alkyl halides is 1. The molecule has 3 aromatic rings. The smallest absolute Gasteiger partial charge is 0.129 e. The summed E-state index contributed by atoms with van der Waals surface area (Å²) < 4.78 is 14.3. The number of hydrogen-bond acceptors (Lipinski definition) is 0. The first kappa shape index (κ1) is 16.5. The van der Waals surface area contributed by atoms with Gasteiger partial charge in [-0.2, -0.15) is 0 Å². The van der Waals surface area contributed by atoms with Gasteiger partial charge in [-0.05, 0) is 34.4 Å². The zero-order valence-electron chi connectivity index (χ0n) is 13.2. The van der Waals surface area contributed by atoms with E-state index in [4.69, 9.17) is 11.6 Å². The Morgan fingerprint density at radius 1 is 0.750 bits per heavy atom. The topological polar surface area (TPSA) is 0 Å². The van der Waals surface area contributed by atoms with Crippen LogP contribution >= 0.6 is 11.6 Å². The van der Waals surface area contributed by atoms with Crippen LogP contribution in [-0.4, -0.2) is 0 Å². The van der Waals surface area contributed by atoms with Crippen molar-refractivity contribution in [3.05, 3.63) is 106 Å². The predicted octanol–water partition coefficient (Wildman–Crippen LogP) is 6.76. The van der Waals surface area contributed by atoms with Gasteiger partial charge in [0.25, 0.3) is 0 Å². The van der Waals surface area contributed by atoms with Crippen molar-refractivity contribution in [3.8, 4) is 0 Å². The number of halogens is 2. The lowest BCUT2D eigenvalue weighted by molar-refractivity contribution is 0.342. The van der Waals surface area contributed by atoms with E-state index in [1.54, 1.807) is 0 Å². The highest BCUT2D eigenvalue weighted by Crippen LogP contribution is 2.22. The van der Waals surface area contributed by atoms with Crippen LogP contribution in [-0.2, 0) is 6.42 Å². The predicted molar refractivity (Wildman–Crippen MR) is 101 cm³/mol. The molecule has 0 saturated heterocycles. The van der Waals surface area contributed by atoms with Crippen molar-refractivity contribution in [2.45, 2.75) is 12.6 Å². The quantitative estimate of drug-likeness (QED) is 0.451. The molecule has 0 aliphatic rings. The molecule has 120 valence electrons. The standard InChI is InChI=1S/C22H18ClF/c23-21-14-12-18(13-15-21)7-6-17-8-10-19(11-9-17)16-22(24)20-4-2-1-3-5-20/h1-15,22H,16H2/t22-/m0/s1. The molecule has 0 heterocycles. The minimum absolute atomic E-state index is 0.394. The molecule has 0 amide bonds. The molecule has 3 aromatic carbocycles. The Morgan fingerprint density at radius 2 is 1.29 bits per heavy atom. The van der Waals surface area contributed by atoms with E-state index in [9.17, 15) is 4.39 Å². The van der Waals surface area contributed by atoms with Crippen molar-refractivity contribution in [2.24, 2.45) is 0 Å². The summed E-state index contributed by atoms with van der Waals surface area (Å²) in [4.78, 5) is 0. The van der Waals surface area contributed by atoms with Gasteiger partial charge in [0, 0.05) is 11.4 Å². The van der Waals surface area contributed by atoms with E-state index in [1.165, 1.54) is 0 Å². The normalized spacial score (nSPS) is 12.4. The molecule has 2 heteroatoms. The second-order valence-electron chi connectivity index (χ2n) is 5.71. The van der Waals surface area contributed by atoms with Gasteiger partial charge in [-0.3, -0.25) is 0 Å². The van der Waals surface area contributed by atoms with Crippen molar-refractivity contribution in [1.29, 1.82) is 0 Å². The Morgan fingerprint density at radius 3 is 1.88 bits per heavy atom. The van der Waals surface area contributed by atoms with E-state index < -0.39 is 6.17 Å². The van der Waals surface area contributed by atoms with Gasteiger partial charge >= 0.3 is 0 Å². The minimum Gasteiger partial charge on any atom is -0.242 e. The van der Waals surface area contributed by atoms with Crippen LogP contribution in [0.15, 0.2) is 78.9 Å². The van der Waals surface area contributed by atoms with Crippen LogP contribution < -0.4 is 0 Å². The molecule has 24 heavy (non-hydrogen) atoms. The van der Waals surface area contributed by atoms with Crippen LogP contribution in [0.4, 0.5) is 4.39 Å². The van der Waals surface area contributed by atoms with Gasteiger partial charge in [0.05, 0.1) is 0 Å². The molecule has 0 spiro atoms. The molecule has 0 saturated carbocycles. The van der Waals surface area contributed by atoms with Gasteiger partial charge in [-0.25, -0.2) is 4.39 Å². The molecule has 0 radical (unpaired) electrons. The van der Waals surface area contributed by atoms with E-state index in [0.717, 1.165) is 27.3 Å². The highest BCUT2D eigenvalue weighted by atomic mass is 35.5. The number of hydrogen-bond donors (Lipinski definition) is 0. The van der Waals surface area contributed by atoms with Crippen LogP contribution in [0.2, 0.25) is 5.02 Å². The molecular formula is C22H18ClF. The summed E-state index contributed by atoms with van der Waals surface area (Å²) in [5, 5.41) is 0.732. The molecule has 0 bridgehead atoms. The first-order chi connectivity index (χ1) is 11.7. The molecular weight excluding hydrogens is 319 g/mol. The fraction of sp³-hybridized carbons (Fsp3) is 0.0909. The maximum absolute atomic E-state index is 14.3. The lowest BCUT2D eigenvalue weighted by Gasteiger charge is -2.08. The average Bonchev–Trinajstić information content (AvgIpc) is 2.63. The molecule has 0 N–H and O–H groups in total. The SMILES string of the molecule is F[C@@H](Cc1ccc(C=Cc2ccc(Cl)cc2)cc1)c1ccccc1. The molecule has 0 nitrogen and oxygen atoms in total. The summed E-state index contributed by atoms with van der Waals surface area (Å²) in [5.74, 6) is 0. The average molecular weight is 337 g/mol. The van der Waals surface area contributed by atoms with Gasteiger partial charge in [0.15, 0.2) is 0 Å². The first-order valence-corrected chi connectivity index (χ1v) is 8.30. The molecule has 0 fully saturated rings. The van der Waals surface area contributed by atoms with Crippen LogP contribution in [0.1, 0.15) is 28.4 Å². The summed E-state index contributed by atoms with van der Waals surface area (Å²) in [5.41, 5.74) is 3.90. The van der Waals surface area contributed by atoms with Crippen molar-refractivity contribution in [3.63, 3.8) is 0 Å². The van der Waals surface area contributed by atoms with Crippen LogP contribution in [0.5, 0.6) is 0 Å². The van der Waals surface area contributed by atoms with Crippen molar-refractivity contribution >= 4 is 23.8 Å². The summed E-state index contributed by atoms with van der Waals surface area (Å²) >= 11 is 5.88. The highest BCUT2D eigenvalue weighted by molar-refractivity contribution is 6.30. The second-order valence-corrected chi connectivity index (χ2v) is 6.15. The molecule has 1 atom stereocenters. The number of benzene rings is 3. The summed E-state index contributed by atoms with van der Waals surface area (Å²) in [6.45, 7) is 0. The van der Waals surface area contributed by atoms with Gasteiger partial charge < -0.3 is 0 Å². The van der Waals surface area contributed by atoms with E-state index >= 15 is 0 Å². The number of rotatable bonds is 5. The van der Waals surface area contributed by atoms with Gasteiger partial charge in [-0.1, -0.05) is 90.5 Å². The molecule has 0 aromatic heterocycles. The van der Waals surface area contributed by atoms with E-state index in [1.807, 2.05) is 91.0 Å². The Hall–Kier alpha value is -2.38. The zero-order valence-corrected chi connectivity index (χ0v) is 14.0. The van der Waals surface area contributed by atoms with Crippen LogP contribution in [0, 0.1) is 0 Å². The Balaban J connectivity index is 1.64. The molecule has 0 aliphatic heterocycles. The van der Waals surface area contributed by atoms with Gasteiger partial charge in [-0.15, -0.1) is 0 Å². The third-order valence-electron chi connectivity index (χ3n) is 3.89. The summed E-state index contributed by atoms with van der Waals surface area (Å²) in [7, 11) is 0. The fourth-order valence-electron chi connectivity index (χ4n) is 2.52. The Labute approximate surface area is 147 Å². The lowest BCUT2D eigenvalue weighted by atomic mass is 10.0. The van der Waals surface area contributed by atoms with Crippen molar-refractivity contribution in [2.75, 3.05) is 0 Å². The maximum Gasteiger partial charge on any atom is 0.129 e. The molecule has 0 unspecified atom stereocenters. The highest BCUT2D eigenvalue weighted by Gasteiger charge is 2.09. The van der Waals surface area contributed by atoms with Crippen LogP contribution in [0.3, 0.4) is 0 Å². The van der Waals surface area contributed by atoms with E-state index in [2.05, 4.69) is 0 Å². The largest absolute Gasteiger partial charge is 0.242 e. The van der Waals surface area contributed by atoms with Crippen molar-refractivity contribution in [1.82, 2.24) is 0 Å². The maximum atomic E-state index is 14.3. The van der Waals surface area contributed by atoms with Gasteiger partial charge in [0.1, 0.15) is 6.17 Å². The van der Waals surface area contributed by atoms with Crippen molar-refractivity contribution < 1.29 is 4.39 Å². The third-order valence-corrected chi connectivity index (χ3v) is 4.15. The monoisotopic (exact) mass is 336 g/mol. The minimum atomic E-state index is -0.971. The second kappa shape index (κ2) is 7.94. The third kappa shape index (κ3) is 4.56. The summed E-state index contributed by atoms with van der Waals surface area (Å²) in [6.07, 6.45) is 3.50. The Bertz CT molecular complexity index is 790. The Kier molecular flexibility index (Phi) is 5.45. The molecule has 3 rings (SSSR count). The van der Waals surface area contributed by atoms with E-state index in [-0.39, 0.29) is 0 Å². The summed E-state index contributed by atoms with van der Waals surface area (Å²) in [6, 6.07) is 25.0. The zero-order chi connectivity index (χ0) is 16.8. The van der Waals surface area contributed by atoms with Gasteiger partial charge in [0.2, 0.25) is 0 Å². The molecule has 0 aliphatic carbocycles.